The van der Waals surface area contributed by atoms with Gasteiger partial charge in [-0.1, -0.05) is 0 Å². The number of carbonyl (C=O) groups is 3. The number of halogens is 1. The quantitative estimate of drug-likeness (QED) is 0.518. The molecule has 72 valence electrons. The van der Waals surface area contributed by atoms with E-state index in [-0.39, 0.29) is 6.08 Å². The van der Waals surface area contributed by atoms with Gasteiger partial charge in [-0.2, -0.15) is 0 Å². The van der Waals surface area contributed by atoms with Gasteiger partial charge in [0.05, 0.1) is 5.57 Å². The van der Waals surface area contributed by atoms with Gasteiger partial charge in [0.1, 0.15) is 0 Å². The molecule has 1 unspecified atom stereocenters. The minimum atomic E-state index is -2.84. The second kappa shape index (κ2) is 4.19. The van der Waals surface area contributed by atoms with Crippen LogP contribution in [-0.4, -0.2) is 39.4 Å². The third-order valence-corrected chi connectivity index (χ3v) is 1.02. The van der Waals surface area contributed by atoms with Crippen LogP contribution < -0.4 is 0 Å². The van der Waals surface area contributed by atoms with Crippen LogP contribution in [0.3, 0.4) is 0 Å². The maximum atomic E-state index is 12.5. The predicted octanol–water partition coefficient (Wildman–Crippen LogP) is -0.495. The van der Waals surface area contributed by atoms with Crippen molar-refractivity contribution in [3.63, 3.8) is 0 Å². The third kappa shape index (κ3) is 3.32. The maximum Gasteiger partial charge on any atom is 0.343 e. The Morgan fingerprint density at radius 1 is 1.15 bits per heavy atom. The summed E-state index contributed by atoms with van der Waals surface area (Å²) in [7, 11) is 0. The lowest BCUT2D eigenvalue weighted by Crippen LogP contribution is -2.23. The van der Waals surface area contributed by atoms with Gasteiger partial charge in [-0.05, 0) is 0 Å². The zero-order valence-corrected chi connectivity index (χ0v) is 6.10. The van der Waals surface area contributed by atoms with Crippen LogP contribution in [-0.2, 0) is 14.4 Å². The van der Waals surface area contributed by atoms with Crippen LogP contribution in [0.25, 0.3) is 0 Å². The average molecular weight is 192 g/mol. The normalized spacial score (nSPS) is 13.5. The highest BCUT2D eigenvalue weighted by atomic mass is 19.1. The Kier molecular flexibility index (Phi) is 3.57. The van der Waals surface area contributed by atoms with Gasteiger partial charge >= 0.3 is 17.9 Å². The van der Waals surface area contributed by atoms with Gasteiger partial charge in [0.15, 0.2) is 0 Å². The summed E-state index contributed by atoms with van der Waals surface area (Å²) in [6.07, 6.45) is -2.84. The van der Waals surface area contributed by atoms with Crippen molar-refractivity contribution in [2.45, 2.75) is 6.17 Å². The van der Waals surface area contributed by atoms with Crippen molar-refractivity contribution < 1.29 is 34.1 Å². The van der Waals surface area contributed by atoms with Gasteiger partial charge in [0.25, 0.3) is 0 Å². The molecule has 0 aromatic heterocycles. The molecule has 13 heavy (non-hydrogen) atoms. The van der Waals surface area contributed by atoms with Crippen molar-refractivity contribution in [3.8, 4) is 0 Å². The summed E-state index contributed by atoms with van der Waals surface area (Å²) in [4.78, 5) is 30.0. The van der Waals surface area contributed by atoms with E-state index in [0.717, 1.165) is 0 Å². The highest BCUT2D eigenvalue weighted by Crippen LogP contribution is 2.07. The number of carboxylic acid groups (broad SMARTS) is 3. The highest BCUT2D eigenvalue weighted by molar-refractivity contribution is 6.00. The van der Waals surface area contributed by atoms with E-state index in [0.29, 0.717) is 0 Å². The molecule has 0 radical (unpaired) electrons. The van der Waals surface area contributed by atoms with E-state index in [1.807, 2.05) is 0 Å². The van der Waals surface area contributed by atoms with Gasteiger partial charge in [0, 0.05) is 6.08 Å². The lowest BCUT2D eigenvalue weighted by molar-refractivity contribution is -0.144. The number of hydrogen-bond acceptors (Lipinski definition) is 3. The molecule has 0 aromatic rings. The second-order valence-electron chi connectivity index (χ2n) is 1.94. The van der Waals surface area contributed by atoms with Crippen molar-refractivity contribution in [3.05, 3.63) is 11.6 Å². The molecule has 0 amide bonds. The number of rotatable bonds is 4. The van der Waals surface area contributed by atoms with E-state index in [4.69, 9.17) is 15.3 Å². The molecule has 0 aliphatic heterocycles. The lowest BCUT2D eigenvalue weighted by Gasteiger charge is -2.01. The van der Waals surface area contributed by atoms with E-state index in [2.05, 4.69) is 0 Å². The van der Waals surface area contributed by atoms with Crippen LogP contribution >= 0.6 is 0 Å². The minimum absolute atomic E-state index is 0.00111. The van der Waals surface area contributed by atoms with Crippen LogP contribution in [0.2, 0.25) is 0 Å². The SMILES string of the molecule is O=C(O)/C=C(\C(=O)O)C(F)C(=O)O. The Hall–Kier alpha value is -1.92. The van der Waals surface area contributed by atoms with E-state index in [1.165, 1.54) is 0 Å². The first-order valence-electron chi connectivity index (χ1n) is 2.91. The summed E-state index contributed by atoms with van der Waals surface area (Å²) < 4.78 is 12.5. The van der Waals surface area contributed by atoms with Gasteiger partial charge in [-0.15, -0.1) is 0 Å². The summed E-state index contributed by atoms with van der Waals surface area (Å²) in [5, 5.41) is 24.3. The molecule has 1 atom stereocenters. The van der Waals surface area contributed by atoms with Gasteiger partial charge in [0.2, 0.25) is 6.17 Å². The van der Waals surface area contributed by atoms with Crippen LogP contribution in [0.15, 0.2) is 11.6 Å². The standard InChI is InChI=1S/C6H5FO6/c7-4(6(12)13)2(5(10)11)1-3(8)9/h1,4H,(H,8,9)(H,10,11)(H,12,13)/b2-1-. The minimum Gasteiger partial charge on any atom is -0.479 e. The van der Waals surface area contributed by atoms with Crippen LogP contribution in [0.4, 0.5) is 4.39 Å². The Morgan fingerprint density at radius 2 is 1.62 bits per heavy atom. The van der Waals surface area contributed by atoms with Crippen molar-refractivity contribution in [2.24, 2.45) is 0 Å². The average Bonchev–Trinajstić information content (AvgIpc) is 1.97. The topological polar surface area (TPSA) is 112 Å². The Morgan fingerprint density at radius 3 is 1.85 bits per heavy atom. The molecule has 3 N–H and O–H groups in total. The summed E-state index contributed by atoms with van der Waals surface area (Å²) in [6.45, 7) is 0. The smallest absolute Gasteiger partial charge is 0.343 e. The Balaban J connectivity index is 4.93. The molecule has 0 spiro atoms. The summed E-state index contributed by atoms with van der Waals surface area (Å²) in [5.41, 5.74) is -1.32. The zero-order valence-electron chi connectivity index (χ0n) is 6.10. The first-order chi connectivity index (χ1) is 5.86. The molecule has 0 rings (SSSR count). The first-order valence-corrected chi connectivity index (χ1v) is 2.91. The molecule has 0 aliphatic carbocycles. The van der Waals surface area contributed by atoms with Gasteiger partial charge < -0.3 is 15.3 Å². The highest BCUT2D eigenvalue weighted by Gasteiger charge is 2.27. The van der Waals surface area contributed by atoms with E-state index < -0.39 is 29.7 Å². The van der Waals surface area contributed by atoms with Crippen LogP contribution in [0.5, 0.6) is 0 Å². The fourth-order valence-corrected chi connectivity index (χ4v) is 0.509. The molecule has 0 fully saturated rings. The van der Waals surface area contributed by atoms with Crippen LogP contribution in [0, 0.1) is 0 Å². The maximum absolute atomic E-state index is 12.5. The van der Waals surface area contributed by atoms with Crippen molar-refractivity contribution in [1.82, 2.24) is 0 Å². The van der Waals surface area contributed by atoms with Crippen molar-refractivity contribution in [2.75, 3.05) is 0 Å². The summed E-state index contributed by atoms with van der Waals surface area (Å²) in [6, 6.07) is 0. The molecule has 0 heterocycles. The molecule has 0 aromatic carbocycles. The Labute approximate surface area is 70.9 Å². The second-order valence-corrected chi connectivity index (χ2v) is 1.94. The fraction of sp³-hybridized carbons (Fsp3) is 0.167. The van der Waals surface area contributed by atoms with Gasteiger partial charge in [-0.25, -0.2) is 18.8 Å². The first kappa shape index (κ1) is 11.1. The van der Waals surface area contributed by atoms with E-state index in [9.17, 15) is 18.8 Å². The number of aliphatic carboxylic acids is 3. The Bertz CT molecular complexity index is 281. The molecular weight excluding hydrogens is 187 g/mol. The molecule has 0 saturated carbocycles. The largest absolute Gasteiger partial charge is 0.479 e. The molecule has 0 saturated heterocycles. The van der Waals surface area contributed by atoms with Gasteiger partial charge in [-0.3, -0.25) is 0 Å². The monoisotopic (exact) mass is 192 g/mol. The summed E-state index contributed by atoms with van der Waals surface area (Å²) >= 11 is 0. The van der Waals surface area contributed by atoms with E-state index >= 15 is 0 Å². The molecular formula is C6H5FO6. The molecule has 6 nitrogen and oxygen atoms in total. The number of carboxylic acids is 3. The van der Waals surface area contributed by atoms with E-state index in [1.54, 1.807) is 0 Å². The van der Waals surface area contributed by atoms with Crippen LogP contribution in [0.1, 0.15) is 0 Å². The molecule has 0 bridgehead atoms. The third-order valence-electron chi connectivity index (χ3n) is 1.02. The molecule has 0 aliphatic rings. The summed E-state index contributed by atoms with van der Waals surface area (Å²) in [5.74, 6) is -5.69. The predicted molar refractivity (Wildman–Crippen MR) is 35.9 cm³/mol. The number of hydrogen-bond donors (Lipinski definition) is 3. The lowest BCUT2D eigenvalue weighted by atomic mass is 10.1. The zero-order chi connectivity index (χ0) is 10.6. The van der Waals surface area contributed by atoms with Crippen molar-refractivity contribution in [1.29, 1.82) is 0 Å². The fourth-order valence-electron chi connectivity index (χ4n) is 0.509. The number of alkyl halides is 1. The molecule has 7 heteroatoms. The van der Waals surface area contributed by atoms with Crippen molar-refractivity contribution >= 4 is 17.9 Å².